The Morgan fingerprint density at radius 2 is 1.76 bits per heavy atom. The predicted octanol–water partition coefficient (Wildman–Crippen LogP) is 2.01. The molecule has 0 aliphatic rings. The second-order valence-corrected chi connectivity index (χ2v) is 6.44. The van der Waals surface area contributed by atoms with Crippen LogP contribution >= 0.6 is 23.2 Å². The molecule has 1 aromatic carbocycles. The molecule has 0 spiro atoms. The van der Waals surface area contributed by atoms with Crippen LogP contribution in [0.15, 0.2) is 47.5 Å². The Bertz CT molecular complexity index is 746. The molecule has 1 amide bonds. The molecule has 0 saturated heterocycles. The molecule has 110 valence electrons. The third-order valence-corrected chi connectivity index (χ3v) is 4.01. The van der Waals surface area contributed by atoms with E-state index in [-0.39, 0.29) is 20.6 Å². The highest BCUT2D eigenvalue weighted by Crippen LogP contribution is 2.21. The van der Waals surface area contributed by atoms with E-state index in [9.17, 15) is 13.2 Å². The lowest BCUT2D eigenvalue weighted by molar-refractivity contribution is 0.0940. The number of hydrazine groups is 1. The quantitative estimate of drug-likeness (QED) is 0.829. The molecule has 1 heterocycles. The Labute approximate surface area is 131 Å². The second kappa shape index (κ2) is 6.40. The van der Waals surface area contributed by atoms with Crippen LogP contribution in [0.5, 0.6) is 0 Å². The highest BCUT2D eigenvalue weighted by molar-refractivity contribution is 7.89. The molecule has 0 unspecified atom stereocenters. The van der Waals surface area contributed by atoms with Gasteiger partial charge in [0.1, 0.15) is 5.69 Å². The molecule has 0 bridgehead atoms. The Balaban J connectivity index is 2.13. The predicted molar refractivity (Wildman–Crippen MR) is 78.5 cm³/mol. The Morgan fingerprint density at radius 3 is 2.33 bits per heavy atom. The van der Waals surface area contributed by atoms with Gasteiger partial charge in [-0.1, -0.05) is 29.3 Å². The summed E-state index contributed by atoms with van der Waals surface area (Å²) < 4.78 is 24.0. The molecule has 2 aromatic rings. The fourth-order valence-electron chi connectivity index (χ4n) is 1.42. The Hall–Kier alpha value is -1.67. The number of halogens is 2. The van der Waals surface area contributed by atoms with Crippen molar-refractivity contribution in [2.75, 3.05) is 0 Å². The number of nitrogens with one attached hydrogen (secondary N) is 2. The normalized spacial score (nSPS) is 11.1. The average molecular weight is 346 g/mol. The molecule has 9 heteroatoms. The van der Waals surface area contributed by atoms with Gasteiger partial charge in [-0.05, 0) is 30.3 Å². The van der Waals surface area contributed by atoms with Gasteiger partial charge in [-0.3, -0.25) is 15.2 Å². The summed E-state index contributed by atoms with van der Waals surface area (Å²) in [5, 5.41) is 0.331. The molecule has 0 atom stereocenters. The average Bonchev–Trinajstić information content (AvgIpc) is 2.45. The summed E-state index contributed by atoms with van der Waals surface area (Å²) >= 11 is 11.5. The molecule has 2 N–H and O–H groups in total. The third-order valence-electron chi connectivity index (χ3n) is 2.34. The number of nitrogens with zero attached hydrogens (tertiary/aromatic N) is 1. The lowest BCUT2D eigenvalue weighted by atomic mass is 10.3. The van der Waals surface area contributed by atoms with Gasteiger partial charge in [0, 0.05) is 16.2 Å². The highest BCUT2D eigenvalue weighted by Gasteiger charge is 2.17. The van der Waals surface area contributed by atoms with Crippen molar-refractivity contribution in [3.8, 4) is 0 Å². The fourth-order valence-corrected chi connectivity index (χ4v) is 2.98. The van der Waals surface area contributed by atoms with Crippen molar-refractivity contribution in [2.45, 2.75) is 4.90 Å². The number of benzene rings is 1. The number of hydrogen-bond donors (Lipinski definition) is 2. The fraction of sp³-hybridized carbons (Fsp3) is 0. The number of pyridine rings is 1. The zero-order chi connectivity index (χ0) is 15.5. The first-order valence-corrected chi connectivity index (χ1v) is 7.82. The summed E-state index contributed by atoms with van der Waals surface area (Å²) in [6, 6.07) is 8.50. The van der Waals surface area contributed by atoms with Crippen molar-refractivity contribution >= 4 is 39.1 Å². The zero-order valence-corrected chi connectivity index (χ0v) is 12.7. The van der Waals surface area contributed by atoms with Gasteiger partial charge < -0.3 is 0 Å². The largest absolute Gasteiger partial charge is 0.284 e. The topological polar surface area (TPSA) is 88.2 Å². The number of rotatable bonds is 4. The molecule has 2 rings (SSSR count). The van der Waals surface area contributed by atoms with Gasteiger partial charge in [0.25, 0.3) is 15.9 Å². The SMILES string of the molecule is O=C(NNS(=O)(=O)c1cc(Cl)cc(Cl)c1)c1ccccn1. The number of amides is 1. The van der Waals surface area contributed by atoms with E-state index in [1.807, 2.05) is 4.83 Å². The summed E-state index contributed by atoms with van der Waals surface area (Å²) in [4.78, 5) is 17.3. The molecule has 0 radical (unpaired) electrons. The Morgan fingerprint density at radius 1 is 1.10 bits per heavy atom. The van der Waals surface area contributed by atoms with Crippen LogP contribution < -0.4 is 10.3 Å². The van der Waals surface area contributed by atoms with Gasteiger partial charge in [0.05, 0.1) is 4.90 Å². The molecule has 0 aliphatic heterocycles. The maximum absolute atomic E-state index is 12.0. The summed E-state index contributed by atoms with van der Waals surface area (Å²) in [6.07, 6.45) is 1.42. The first kappa shape index (κ1) is 15.7. The summed E-state index contributed by atoms with van der Waals surface area (Å²) in [7, 11) is -3.99. The van der Waals surface area contributed by atoms with Crippen molar-refractivity contribution in [3.05, 3.63) is 58.3 Å². The maximum Gasteiger partial charge on any atom is 0.284 e. The van der Waals surface area contributed by atoms with Crippen molar-refractivity contribution in [1.82, 2.24) is 15.2 Å². The van der Waals surface area contributed by atoms with E-state index in [0.717, 1.165) is 0 Å². The number of sulfonamides is 1. The highest BCUT2D eigenvalue weighted by atomic mass is 35.5. The molecular formula is C12H9Cl2N3O3S. The van der Waals surface area contributed by atoms with Crippen molar-refractivity contribution in [1.29, 1.82) is 0 Å². The van der Waals surface area contributed by atoms with E-state index in [0.29, 0.717) is 0 Å². The lowest BCUT2D eigenvalue weighted by Crippen LogP contribution is -2.41. The minimum absolute atomic E-state index is 0.0735. The van der Waals surface area contributed by atoms with Crippen molar-refractivity contribution in [3.63, 3.8) is 0 Å². The van der Waals surface area contributed by atoms with Crippen LogP contribution in [0.3, 0.4) is 0 Å². The minimum Gasteiger partial charge on any atom is -0.272 e. The van der Waals surface area contributed by atoms with Crippen LogP contribution in [0.2, 0.25) is 10.0 Å². The minimum atomic E-state index is -3.99. The number of hydrogen-bond acceptors (Lipinski definition) is 4. The maximum atomic E-state index is 12.0. The number of carbonyl (C=O) groups is 1. The van der Waals surface area contributed by atoms with Crippen molar-refractivity contribution < 1.29 is 13.2 Å². The molecular weight excluding hydrogens is 337 g/mol. The first-order chi connectivity index (χ1) is 9.88. The summed E-state index contributed by atoms with van der Waals surface area (Å²) in [5.41, 5.74) is 2.12. The smallest absolute Gasteiger partial charge is 0.272 e. The van der Waals surface area contributed by atoms with E-state index >= 15 is 0 Å². The summed E-state index contributed by atoms with van der Waals surface area (Å²) in [5.74, 6) is -0.688. The van der Waals surface area contributed by atoms with Crippen LogP contribution in [0.4, 0.5) is 0 Å². The molecule has 1 aromatic heterocycles. The monoisotopic (exact) mass is 345 g/mol. The van der Waals surface area contributed by atoms with Crippen LogP contribution in [0.1, 0.15) is 10.5 Å². The van der Waals surface area contributed by atoms with E-state index in [1.54, 1.807) is 12.1 Å². The molecule has 21 heavy (non-hydrogen) atoms. The van der Waals surface area contributed by atoms with Gasteiger partial charge in [0.2, 0.25) is 0 Å². The molecule has 0 aliphatic carbocycles. The van der Waals surface area contributed by atoms with E-state index in [2.05, 4.69) is 10.4 Å². The Kier molecular flexibility index (Phi) is 4.79. The second-order valence-electron chi connectivity index (χ2n) is 3.88. The number of aromatic nitrogens is 1. The van der Waals surface area contributed by atoms with Crippen LogP contribution in [0, 0.1) is 0 Å². The molecule has 6 nitrogen and oxygen atoms in total. The molecule has 0 fully saturated rings. The van der Waals surface area contributed by atoms with Crippen LogP contribution in [0.25, 0.3) is 0 Å². The first-order valence-electron chi connectivity index (χ1n) is 5.58. The van der Waals surface area contributed by atoms with E-state index < -0.39 is 15.9 Å². The number of carbonyl (C=O) groups excluding carboxylic acids is 1. The van der Waals surface area contributed by atoms with Crippen molar-refractivity contribution in [2.24, 2.45) is 0 Å². The van der Waals surface area contributed by atoms with E-state index in [4.69, 9.17) is 23.2 Å². The van der Waals surface area contributed by atoms with Gasteiger partial charge in [-0.25, -0.2) is 8.42 Å². The zero-order valence-electron chi connectivity index (χ0n) is 10.4. The van der Waals surface area contributed by atoms with E-state index in [1.165, 1.54) is 30.5 Å². The molecule has 0 saturated carbocycles. The standard InChI is InChI=1S/C12H9Cl2N3O3S/c13-8-5-9(14)7-10(6-8)21(19,20)17-16-12(18)11-3-1-2-4-15-11/h1-7,17H,(H,16,18). The van der Waals surface area contributed by atoms with Gasteiger partial charge in [0.15, 0.2) is 0 Å². The third kappa shape index (κ3) is 4.15. The van der Waals surface area contributed by atoms with Gasteiger partial charge in [-0.15, -0.1) is 4.83 Å². The van der Waals surface area contributed by atoms with Crippen LogP contribution in [-0.4, -0.2) is 19.3 Å². The van der Waals surface area contributed by atoms with Gasteiger partial charge in [-0.2, -0.15) is 0 Å². The van der Waals surface area contributed by atoms with Gasteiger partial charge >= 0.3 is 0 Å². The summed E-state index contributed by atoms with van der Waals surface area (Å²) in [6.45, 7) is 0. The lowest BCUT2D eigenvalue weighted by Gasteiger charge is -2.08. The van der Waals surface area contributed by atoms with Crippen LogP contribution in [-0.2, 0) is 10.0 Å².